The van der Waals surface area contributed by atoms with Crippen LogP contribution < -0.4 is 0 Å². The van der Waals surface area contributed by atoms with E-state index in [2.05, 4.69) is 29.1 Å². The lowest BCUT2D eigenvalue weighted by Crippen LogP contribution is -2.25. The third-order valence-corrected chi connectivity index (χ3v) is 5.97. The highest BCUT2D eigenvalue weighted by Gasteiger charge is 2.35. The van der Waals surface area contributed by atoms with Crippen LogP contribution in [0.25, 0.3) is 10.6 Å². The molecule has 0 N–H and O–H groups in total. The van der Waals surface area contributed by atoms with Crippen molar-refractivity contribution in [3.05, 3.63) is 75.3 Å². The number of aryl methyl sites for hydroxylation is 2. The molecule has 5 nitrogen and oxygen atoms in total. The lowest BCUT2D eigenvalue weighted by atomic mass is 10.2. The number of carbonyl (C=O) groups is 1. The standard InChI is InChI=1S/C21H18ClN3O2S/c1-12-8-10-15(11-9-12)20-23-13(2)18(28-20)19-24-25(14(3)26)21(27-19)16-6-4-5-7-17(16)22/h4-11,21H,1-3H3. The van der Waals surface area contributed by atoms with Gasteiger partial charge in [0.15, 0.2) is 0 Å². The maximum absolute atomic E-state index is 12.1. The van der Waals surface area contributed by atoms with Gasteiger partial charge in [0, 0.05) is 23.1 Å². The second-order valence-electron chi connectivity index (χ2n) is 6.56. The quantitative estimate of drug-likeness (QED) is 0.586. The highest BCUT2D eigenvalue weighted by atomic mass is 35.5. The van der Waals surface area contributed by atoms with Crippen LogP contribution in [0.3, 0.4) is 0 Å². The number of hydrazone groups is 1. The van der Waals surface area contributed by atoms with Crippen molar-refractivity contribution >= 4 is 34.7 Å². The minimum atomic E-state index is -0.689. The number of carbonyl (C=O) groups excluding carboxylic acids is 1. The average Bonchev–Trinajstić information content (AvgIpc) is 3.27. The van der Waals surface area contributed by atoms with E-state index >= 15 is 0 Å². The summed E-state index contributed by atoms with van der Waals surface area (Å²) in [5.74, 6) is 0.161. The molecule has 4 rings (SSSR count). The third-order valence-electron chi connectivity index (χ3n) is 4.43. The topological polar surface area (TPSA) is 54.8 Å². The summed E-state index contributed by atoms with van der Waals surface area (Å²) in [6.45, 7) is 5.42. The normalized spacial score (nSPS) is 16.1. The van der Waals surface area contributed by atoms with Gasteiger partial charge in [-0.2, -0.15) is 5.01 Å². The summed E-state index contributed by atoms with van der Waals surface area (Å²) in [4.78, 5) is 17.6. The van der Waals surface area contributed by atoms with E-state index in [-0.39, 0.29) is 5.91 Å². The van der Waals surface area contributed by atoms with Gasteiger partial charge in [0.1, 0.15) is 9.88 Å². The minimum absolute atomic E-state index is 0.221. The zero-order valence-electron chi connectivity index (χ0n) is 15.6. The summed E-state index contributed by atoms with van der Waals surface area (Å²) in [6, 6.07) is 15.5. The average molecular weight is 412 g/mol. The van der Waals surface area contributed by atoms with E-state index < -0.39 is 6.23 Å². The first-order valence-corrected chi connectivity index (χ1v) is 9.98. The Morgan fingerprint density at radius 3 is 2.54 bits per heavy atom. The van der Waals surface area contributed by atoms with Gasteiger partial charge in [-0.05, 0) is 19.9 Å². The number of aromatic nitrogens is 1. The van der Waals surface area contributed by atoms with Gasteiger partial charge in [0.25, 0.3) is 5.90 Å². The Kier molecular flexibility index (Phi) is 4.91. The van der Waals surface area contributed by atoms with Crippen LogP contribution in [-0.2, 0) is 9.53 Å². The van der Waals surface area contributed by atoms with Crippen molar-refractivity contribution in [2.45, 2.75) is 27.0 Å². The highest BCUT2D eigenvalue weighted by Crippen LogP contribution is 2.37. The maximum Gasteiger partial charge on any atom is 0.253 e. The number of halogens is 1. The summed E-state index contributed by atoms with van der Waals surface area (Å²) >= 11 is 7.81. The molecule has 28 heavy (non-hydrogen) atoms. The van der Waals surface area contributed by atoms with E-state index in [1.807, 2.05) is 37.3 Å². The van der Waals surface area contributed by atoms with Gasteiger partial charge in [-0.3, -0.25) is 4.79 Å². The third kappa shape index (κ3) is 3.41. The Morgan fingerprint density at radius 2 is 1.86 bits per heavy atom. The van der Waals surface area contributed by atoms with Crippen molar-refractivity contribution in [3.8, 4) is 10.6 Å². The van der Waals surface area contributed by atoms with Crippen molar-refractivity contribution in [2.75, 3.05) is 0 Å². The van der Waals surface area contributed by atoms with E-state index in [0.29, 0.717) is 16.5 Å². The zero-order chi connectivity index (χ0) is 19.8. The van der Waals surface area contributed by atoms with Crippen molar-refractivity contribution < 1.29 is 9.53 Å². The Balaban J connectivity index is 1.70. The molecule has 0 spiro atoms. The number of nitrogens with zero attached hydrogens (tertiary/aromatic N) is 3. The molecule has 7 heteroatoms. The van der Waals surface area contributed by atoms with Gasteiger partial charge in [-0.1, -0.05) is 59.6 Å². The summed E-state index contributed by atoms with van der Waals surface area (Å²) in [5, 5.41) is 7.16. The number of hydrogen-bond donors (Lipinski definition) is 0. The van der Waals surface area contributed by atoms with E-state index in [1.54, 1.807) is 6.07 Å². The van der Waals surface area contributed by atoms with Crippen molar-refractivity contribution in [2.24, 2.45) is 5.10 Å². The number of rotatable bonds is 3. The molecule has 0 aliphatic carbocycles. The molecule has 2 heterocycles. The number of ether oxygens (including phenoxy) is 1. The van der Waals surface area contributed by atoms with Gasteiger partial charge in [0.2, 0.25) is 12.1 Å². The van der Waals surface area contributed by atoms with E-state index in [1.165, 1.54) is 28.8 Å². The molecule has 0 bridgehead atoms. The smallest absolute Gasteiger partial charge is 0.253 e. The SMILES string of the molecule is CC(=O)N1N=C(c2sc(-c3ccc(C)cc3)nc2C)OC1c1ccccc1Cl. The second-order valence-corrected chi connectivity index (χ2v) is 7.97. The molecule has 0 fully saturated rings. The summed E-state index contributed by atoms with van der Waals surface area (Å²) in [6.07, 6.45) is -0.689. The predicted octanol–water partition coefficient (Wildman–Crippen LogP) is 5.32. The van der Waals surface area contributed by atoms with E-state index in [9.17, 15) is 4.79 Å². The first-order chi connectivity index (χ1) is 13.4. The molecule has 1 aliphatic rings. The lowest BCUT2D eigenvalue weighted by Gasteiger charge is -2.20. The van der Waals surface area contributed by atoms with E-state index in [4.69, 9.17) is 16.3 Å². The minimum Gasteiger partial charge on any atom is -0.445 e. The first kappa shape index (κ1) is 18.7. The predicted molar refractivity (Wildman–Crippen MR) is 111 cm³/mol. The van der Waals surface area contributed by atoms with Crippen LogP contribution in [0.1, 0.15) is 34.8 Å². The van der Waals surface area contributed by atoms with Crippen LogP contribution in [0.15, 0.2) is 53.6 Å². The van der Waals surface area contributed by atoms with Crippen LogP contribution in [0.2, 0.25) is 5.02 Å². The number of thiazole rings is 1. The molecule has 3 aromatic rings. The first-order valence-electron chi connectivity index (χ1n) is 8.78. The molecule has 0 radical (unpaired) electrons. The Bertz CT molecular complexity index is 1080. The van der Waals surface area contributed by atoms with Gasteiger partial charge >= 0.3 is 0 Å². The molecular formula is C21H18ClN3O2S. The Hall–Kier alpha value is -2.70. The fraction of sp³-hybridized carbons (Fsp3) is 0.190. The Labute approximate surface area is 172 Å². The molecule has 1 atom stereocenters. The zero-order valence-corrected chi connectivity index (χ0v) is 17.2. The summed E-state index contributed by atoms with van der Waals surface area (Å²) in [5.41, 5.74) is 3.73. The molecule has 1 aromatic heterocycles. The number of benzene rings is 2. The van der Waals surface area contributed by atoms with E-state index in [0.717, 1.165) is 21.1 Å². The molecule has 0 saturated heterocycles. The molecule has 0 saturated carbocycles. The summed E-state index contributed by atoms with van der Waals surface area (Å²) in [7, 11) is 0. The second kappa shape index (κ2) is 7.37. The fourth-order valence-electron chi connectivity index (χ4n) is 2.95. The monoisotopic (exact) mass is 411 g/mol. The number of amides is 1. The van der Waals surface area contributed by atoms with Gasteiger partial charge in [0.05, 0.1) is 5.69 Å². The van der Waals surface area contributed by atoms with Gasteiger partial charge < -0.3 is 4.74 Å². The fourth-order valence-corrected chi connectivity index (χ4v) is 4.18. The highest BCUT2D eigenvalue weighted by molar-refractivity contribution is 7.17. The number of hydrogen-bond acceptors (Lipinski definition) is 5. The molecule has 1 aliphatic heterocycles. The molecular weight excluding hydrogens is 394 g/mol. The van der Waals surface area contributed by atoms with Gasteiger partial charge in [-0.15, -0.1) is 16.4 Å². The molecule has 1 unspecified atom stereocenters. The molecule has 1 amide bonds. The van der Waals surface area contributed by atoms with Gasteiger partial charge in [-0.25, -0.2) is 4.98 Å². The molecule has 2 aromatic carbocycles. The van der Waals surface area contributed by atoms with Crippen LogP contribution in [0.4, 0.5) is 0 Å². The van der Waals surface area contributed by atoms with Crippen LogP contribution >= 0.6 is 22.9 Å². The largest absolute Gasteiger partial charge is 0.445 e. The van der Waals surface area contributed by atoms with Crippen LogP contribution in [0.5, 0.6) is 0 Å². The van der Waals surface area contributed by atoms with Crippen molar-refractivity contribution in [3.63, 3.8) is 0 Å². The van der Waals surface area contributed by atoms with Crippen LogP contribution in [0, 0.1) is 13.8 Å². The van der Waals surface area contributed by atoms with Crippen LogP contribution in [-0.4, -0.2) is 21.8 Å². The Morgan fingerprint density at radius 1 is 1.14 bits per heavy atom. The van der Waals surface area contributed by atoms with Crippen molar-refractivity contribution in [1.29, 1.82) is 0 Å². The molecule has 142 valence electrons. The van der Waals surface area contributed by atoms with Crippen molar-refractivity contribution in [1.82, 2.24) is 9.99 Å². The maximum atomic E-state index is 12.1. The lowest BCUT2D eigenvalue weighted by molar-refractivity contribution is -0.135. The summed E-state index contributed by atoms with van der Waals surface area (Å²) < 4.78 is 6.08.